The lowest BCUT2D eigenvalue weighted by molar-refractivity contribution is -0.138. The van der Waals surface area contributed by atoms with E-state index in [1.54, 1.807) is 6.20 Å². The van der Waals surface area contributed by atoms with Gasteiger partial charge in [-0.2, -0.15) is 0 Å². The van der Waals surface area contributed by atoms with Crippen molar-refractivity contribution < 1.29 is 9.53 Å². The van der Waals surface area contributed by atoms with Crippen LogP contribution in [0.25, 0.3) is 10.9 Å². The Morgan fingerprint density at radius 1 is 1.35 bits per heavy atom. The number of esters is 1. The zero-order valence-corrected chi connectivity index (χ0v) is 9.88. The van der Waals surface area contributed by atoms with Gasteiger partial charge in [0.2, 0.25) is 0 Å². The van der Waals surface area contributed by atoms with E-state index in [1.807, 2.05) is 42.3 Å². The van der Waals surface area contributed by atoms with Crippen LogP contribution in [0.4, 0.5) is 5.69 Å². The number of carbonyl (C=O) groups excluding carboxylic acids is 1. The Kier molecular flexibility index (Phi) is 3.23. The van der Waals surface area contributed by atoms with E-state index >= 15 is 0 Å². The molecule has 0 spiro atoms. The number of hydrogen-bond donors (Lipinski definition) is 0. The van der Waals surface area contributed by atoms with Crippen molar-refractivity contribution in [2.75, 3.05) is 25.6 Å². The summed E-state index contributed by atoms with van der Waals surface area (Å²) in [5.41, 5.74) is 1.81. The minimum atomic E-state index is -0.263. The third kappa shape index (κ3) is 2.36. The first-order chi connectivity index (χ1) is 8.22. The molecule has 0 aliphatic carbocycles. The average molecular weight is 230 g/mol. The minimum absolute atomic E-state index is 0.214. The summed E-state index contributed by atoms with van der Waals surface area (Å²) in [5.74, 6) is -0.263. The van der Waals surface area contributed by atoms with Crippen molar-refractivity contribution in [3.05, 3.63) is 36.5 Å². The van der Waals surface area contributed by atoms with Gasteiger partial charge in [-0.3, -0.25) is 9.78 Å². The Hall–Kier alpha value is -2.10. The van der Waals surface area contributed by atoms with Crippen LogP contribution in [0.3, 0.4) is 0 Å². The molecule has 0 saturated heterocycles. The molecule has 0 fully saturated rings. The van der Waals surface area contributed by atoms with E-state index in [4.69, 9.17) is 0 Å². The standard InChI is InChI=1S/C13H14N2O2/c1-15(9-12(16)17-2)11-7-3-5-10-6-4-8-14-13(10)11/h3-8H,9H2,1-2H3. The van der Waals surface area contributed by atoms with E-state index in [2.05, 4.69) is 9.72 Å². The fourth-order valence-corrected chi connectivity index (χ4v) is 1.74. The topological polar surface area (TPSA) is 42.4 Å². The molecule has 1 aromatic carbocycles. The molecule has 2 aromatic rings. The van der Waals surface area contributed by atoms with E-state index in [1.165, 1.54) is 7.11 Å². The summed E-state index contributed by atoms with van der Waals surface area (Å²) in [5, 5.41) is 1.06. The van der Waals surface area contributed by atoms with Gasteiger partial charge in [0.15, 0.2) is 0 Å². The Morgan fingerprint density at radius 3 is 2.88 bits per heavy atom. The smallest absolute Gasteiger partial charge is 0.325 e. The van der Waals surface area contributed by atoms with Gasteiger partial charge in [-0.25, -0.2) is 0 Å². The molecule has 0 aliphatic rings. The quantitative estimate of drug-likeness (QED) is 0.755. The number of pyridine rings is 1. The second-order valence-electron chi connectivity index (χ2n) is 3.78. The van der Waals surface area contributed by atoms with Crippen LogP contribution in [0.15, 0.2) is 36.5 Å². The second-order valence-corrected chi connectivity index (χ2v) is 3.78. The first kappa shape index (κ1) is 11.4. The highest BCUT2D eigenvalue weighted by molar-refractivity contribution is 5.91. The van der Waals surface area contributed by atoms with Crippen molar-refractivity contribution in [3.8, 4) is 0 Å². The summed E-state index contributed by atoms with van der Waals surface area (Å²) in [6, 6.07) is 9.79. The summed E-state index contributed by atoms with van der Waals surface area (Å²) in [4.78, 5) is 17.4. The molecule has 0 unspecified atom stereocenters. The number of ether oxygens (including phenoxy) is 1. The molecule has 17 heavy (non-hydrogen) atoms. The molecule has 0 amide bonds. The Labute approximate surface area is 99.8 Å². The number of aromatic nitrogens is 1. The second kappa shape index (κ2) is 4.82. The molecular weight excluding hydrogens is 216 g/mol. The summed E-state index contributed by atoms with van der Waals surface area (Å²) < 4.78 is 4.65. The van der Waals surface area contributed by atoms with Crippen molar-refractivity contribution >= 4 is 22.6 Å². The molecule has 1 aromatic heterocycles. The minimum Gasteiger partial charge on any atom is -0.468 e. The number of fused-ring (bicyclic) bond motifs is 1. The highest BCUT2D eigenvalue weighted by Crippen LogP contribution is 2.23. The molecule has 88 valence electrons. The zero-order chi connectivity index (χ0) is 12.3. The molecule has 0 N–H and O–H groups in total. The van der Waals surface area contributed by atoms with Gasteiger partial charge in [-0.05, 0) is 12.1 Å². The van der Waals surface area contributed by atoms with Crippen LogP contribution in [-0.2, 0) is 9.53 Å². The molecule has 0 saturated carbocycles. The Morgan fingerprint density at radius 2 is 2.12 bits per heavy atom. The third-order valence-corrected chi connectivity index (χ3v) is 2.62. The number of para-hydroxylation sites is 1. The number of methoxy groups -OCH3 is 1. The molecule has 0 atom stereocenters. The Balaban J connectivity index is 2.38. The van der Waals surface area contributed by atoms with Gasteiger partial charge in [0.05, 0.1) is 18.3 Å². The summed E-state index contributed by atoms with van der Waals surface area (Å²) in [6.07, 6.45) is 1.75. The van der Waals surface area contributed by atoms with Crippen molar-refractivity contribution in [1.82, 2.24) is 4.98 Å². The van der Waals surface area contributed by atoms with Crippen LogP contribution >= 0.6 is 0 Å². The molecule has 4 heteroatoms. The normalized spacial score (nSPS) is 10.2. The van der Waals surface area contributed by atoms with Gasteiger partial charge in [-0.15, -0.1) is 0 Å². The number of carbonyl (C=O) groups is 1. The van der Waals surface area contributed by atoms with Gasteiger partial charge in [0, 0.05) is 18.6 Å². The third-order valence-electron chi connectivity index (χ3n) is 2.62. The van der Waals surface area contributed by atoms with Crippen molar-refractivity contribution in [1.29, 1.82) is 0 Å². The van der Waals surface area contributed by atoms with E-state index in [9.17, 15) is 4.79 Å². The molecule has 4 nitrogen and oxygen atoms in total. The maximum atomic E-state index is 11.2. The number of hydrogen-bond acceptors (Lipinski definition) is 4. The monoisotopic (exact) mass is 230 g/mol. The highest BCUT2D eigenvalue weighted by atomic mass is 16.5. The van der Waals surface area contributed by atoms with Crippen molar-refractivity contribution in [2.24, 2.45) is 0 Å². The van der Waals surface area contributed by atoms with Crippen LogP contribution < -0.4 is 4.90 Å². The zero-order valence-electron chi connectivity index (χ0n) is 9.88. The van der Waals surface area contributed by atoms with E-state index < -0.39 is 0 Å². The maximum Gasteiger partial charge on any atom is 0.325 e. The molecular formula is C13H14N2O2. The molecule has 0 aliphatic heterocycles. The van der Waals surface area contributed by atoms with Gasteiger partial charge >= 0.3 is 5.97 Å². The number of likely N-dealkylation sites (N-methyl/N-ethyl adjacent to an activating group) is 1. The summed E-state index contributed by atoms with van der Waals surface area (Å²) in [7, 11) is 3.23. The number of rotatable bonds is 3. The van der Waals surface area contributed by atoms with Crippen LogP contribution in [-0.4, -0.2) is 31.7 Å². The van der Waals surface area contributed by atoms with E-state index in [0.29, 0.717) is 0 Å². The van der Waals surface area contributed by atoms with E-state index in [-0.39, 0.29) is 12.5 Å². The predicted octanol–water partition coefficient (Wildman–Crippen LogP) is 1.84. The predicted molar refractivity (Wildman–Crippen MR) is 67.0 cm³/mol. The lowest BCUT2D eigenvalue weighted by Crippen LogP contribution is -2.26. The van der Waals surface area contributed by atoms with Crippen molar-refractivity contribution in [3.63, 3.8) is 0 Å². The van der Waals surface area contributed by atoms with Crippen LogP contribution in [0.5, 0.6) is 0 Å². The van der Waals surface area contributed by atoms with E-state index in [0.717, 1.165) is 16.6 Å². The summed E-state index contributed by atoms with van der Waals surface area (Å²) >= 11 is 0. The lowest BCUT2D eigenvalue weighted by atomic mass is 10.2. The lowest BCUT2D eigenvalue weighted by Gasteiger charge is -2.18. The molecule has 0 bridgehead atoms. The fourth-order valence-electron chi connectivity index (χ4n) is 1.74. The number of benzene rings is 1. The first-order valence-corrected chi connectivity index (χ1v) is 5.34. The van der Waals surface area contributed by atoms with Crippen LogP contribution in [0, 0.1) is 0 Å². The SMILES string of the molecule is COC(=O)CN(C)c1cccc2cccnc12. The molecule has 0 radical (unpaired) electrons. The number of nitrogens with zero attached hydrogens (tertiary/aromatic N) is 2. The molecule has 2 rings (SSSR count). The first-order valence-electron chi connectivity index (χ1n) is 5.34. The van der Waals surface area contributed by atoms with Gasteiger partial charge in [-0.1, -0.05) is 18.2 Å². The van der Waals surface area contributed by atoms with Gasteiger partial charge in [0.25, 0.3) is 0 Å². The van der Waals surface area contributed by atoms with Crippen LogP contribution in [0.1, 0.15) is 0 Å². The van der Waals surface area contributed by atoms with Gasteiger partial charge in [0.1, 0.15) is 6.54 Å². The highest BCUT2D eigenvalue weighted by Gasteiger charge is 2.10. The number of anilines is 1. The van der Waals surface area contributed by atoms with Gasteiger partial charge < -0.3 is 9.64 Å². The fraction of sp³-hybridized carbons (Fsp3) is 0.231. The van der Waals surface area contributed by atoms with Crippen molar-refractivity contribution in [2.45, 2.75) is 0 Å². The largest absolute Gasteiger partial charge is 0.468 e. The maximum absolute atomic E-state index is 11.2. The average Bonchev–Trinajstić information content (AvgIpc) is 2.37. The van der Waals surface area contributed by atoms with Crippen LogP contribution in [0.2, 0.25) is 0 Å². The summed E-state index contributed by atoms with van der Waals surface area (Å²) in [6.45, 7) is 0.214. The molecule has 1 heterocycles. The Bertz CT molecular complexity index is 534.